The fourth-order valence-electron chi connectivity index (χ4n) is 2.95. The van der Waals surface area contributed by atoms with Crippen LogP contribution in [0.2, 0.25) is 5.02 Å². The molecule has 26 heavy (non-hydrogen) atoms. The Labute approximate surface area is 163 Å². The van der Waals surface area contributed by atoms with Crippen LogP contribution in [0.15, 0.2) is 40.1 Å². The summed E-state index contributed by atoms with van der Waals surface area (Å²) in [6.07, 6.45) is 2.96. The van der Waals surface area contributed by atoms with E-state index in [9.17, 15) is 8.42 Å². The quantitative estimate of drug-likeness (QED) is 0.570. The number of benzene rings is 1. The number of hydrogen-bond acceptors (Lipinski definition) is 4. The Balaban J connectivity index is 1.79. The minimum atomic E-state index is -3.67. The molecular formula is C18H22ClN3O2S2. The van der Waals surface area contributed by atoms with E-state index in [0.717, 1.165) is 48.3 Å². The van der Waals surface area contributed by atoms with Gasteiger partial charge >= 0.3 is 0 Å². The normalized spacial score (nSPS) is 12.2. The smallest absolute Gasteiger partial charge is 0.272 e. The summed E-state index contributed by atoms with van der Waals surface area (Å²) in [4.78, 5) is 5.62. The Hall–Kier alpha value is -1.54. The molecule has 0 fully saturated rings. The molecule has 140 valence electrons. The van der Waals surface area contributed by atoms with E-state index >= 15 is 0 Å². The Bertz CT molecular complexity index is 991. The number of sulfonamides is 1. The van der Waals surface area contributed by atoms with Crippen molar-refractivity contribution >= 4 is 49.6 Å². The van der Waals surface area contributed by atoms with E-state index in [0.29, 0.717) is 5.69 Å². The molecule has 3 aromatic rings. The molecule has 3 rings (SSSR count). The van der Waals surface area contributed by atoms with E-state index in [1.807, 2.05) is 18.3 Å². The van der Waals surface area contributed by atoms with Gasteiger partial charge in [0, 0.05) is 23.6 Å². The molecule has 0 unspecified atom stereocenters. The van der Waals surface area contributed by atoms with E-state index in [2.05, 4.69) is 28.5 Å². The van der Waals surface area contributed by atoms with Crippen molar-refractivity contribution in [2.45, 2.75) is 24.5 Å². The monoisotopic (exact) mass is 411 g/mol. The second-order valence-electron chi connectivity index (χ2n) is 6.01. The number of hydrogen-bond donors (Lipinski definition) is 2. The number of aromatic nitrogens is 1. The number of fused-ring (bicyclic) bond motifs is 1. The van der Waals surface area contributed by atoms with Gasteiger partial charge in [-0.15, -0.1) is 11.3 Å². The SMILES string of the molecule is CCN(CC)CCc1c[nH]c2cc(NS(=O)(=O)c3sccc3Cl)ccc12. The van der Waals surface area contributed by atoms with Crippen molar-refractivity contribution in [3.8, 4) is 0 Å². The molecule has 8 heteroatoms. The van der Waals surface area contributed by atoms with Gasteiger partial charge in [0.25, 0.3) is 10.0 Å². The molecule has 5 nitrogen and oxygen atoms in total. The standard InChI is InChI=1S/C18H22ClN3O2S2/c1-3-22(4-2)9-7-13-12-20-17-11-14(5-6-15(13)17)21-26(23,24)18-16(19)8-10-25-18/h5-6,8,10-12,20-21H,3-4,7,9H2,1-2H3. The predicted molar refractivity (Wildman–Crippen MR) is 110 cm³/mol. The Morgan fingerprint density at radius 1 is 1.23 bits per heavy atom. The number of aromatic amines is 1. The van der Waals surface area contributed by atoms with Crippen molar-refractivity contribution in [2.75, 3.05) is 24.4 Å². The van der Waals surface area contributed by atoms with Crippen LogP contribution in [0, 0.1) is 0 Å². The molecule has 1 aromatic carbocycles. The Morgan fingerprint density at radius 3 is 2.65 bits per heavy atom. The molecular weight excluding hydrogens is 390 g/mol. The minimum Gasteiger partial charge on any atom is -0.361 e. The molecule has 0 saturated heterocycles. The van der Waals surface area contributed by atoms with E-state index in [1.54, 1.807) is 17.5 Å². The summed E-state index contributed by atoms with van der Waals surface area (Å²) in [5.41, 5.74) is 2.67. The maximum absolute atomic E-state index is 12.5. The number of anilines is 1. The summed E-state index contributed by atoms with van der Waals surface area (Å²) in [5, 5.41) is 3.02. The third-order valence-corrected chi connectivity index (χ3v) is 7.84. The van der Waals surface area contributed by atoms with Crippen molar-refractivity contribution in [1.82, 2.24) is 9.88 Å². The first-order chi connectivity index (χ1) is 12.4. The zero-order valence-corrected chi connectivity index (χ0v) is 17.1. The van der Waals surface area contributed by atoms with Gasteiger partial charge in [0.1, 0.15) is 0 Å². The summed E-state index contributed by atoms with van der Waals surface area (Å²) >= 11 is 7.06. The molecule has 0 saturated carbocycles. The number of halogens is 1. The van der Waals surface area contributed by atoms with Crippen LogP contribution in [0.3, 0.4) is 0 Å². The first kappa shape index (κ1) is 19.2. The zero-order chi connectivity index (χ0) is 18.7. The number of likely N-dealkylation sites (N-methyl/N-ethyl adjacent to an activating group) is 1. The fraction of sp³-hybridized carbons (Fsp3) is 0.333. The molecule has 0 aliphatic carbocycles. The number of thiophene rings is 1. The van der Waals surface area contributed by atoms with Crippen LogP contribution >= 0.6 is 22.9 Å². The topological polar surface area (TPSA) is 65.2 Å². The van der Waals surface area contributed by atoms with Gasteiger partial charge in [0.05, 0.1) is 10.7 Å². The molecule has 0 amide bonds. The first-order valence-corrected chi connectivity index (χ1v) is 11.3. The molecule has 0 atom stereocenters. The summed E-state index contributed by atoms with van der Waals surface area (Å²) in [6.45, 7) is 7.41. The van der Waals surface area contributed by atoms with Gasteiger partial charge in [0.15, 0.2) is 4.21 Å². The van der Waals surface area contributed by atoms with E-state index in [-0.39, 0.29) is 9.23 Å². The largest absolute Gasteiger partial charge is 0.361 e. The van der Waals surface area contributed by atoms with Crippen molar-refractivity contribution < 1.29 is 8.42 Å². The lowest BCUT2D eigenvalue weighted by atomic mass is 10.1. The summed E-state index contributed by atoms with van der Waals surface area (Å²) < 4.78 is 27.7. The van der Waals surface area contributed by atoms with Gasteiger partial charge in [-0.1, -0.05) is 31.5 Å². The van der Waals surface area contributed by atoms with Gasteiger partial charge in [-0.25, -0.2) is 8.42 Å². The second kappa shape index (κ2) is 8.00. The third-order valence-electron chi connectivity index (χ3n) is 4.44. The Morgan fingerprint density at radius 2 is 2.00 bits per heavy atom. The van der Waals surface area contributed by atoms with Crippen LogP contribution in [0.4, 0.5) is 5.69 Å². The van der Waals surface area contributed by atoms with Crippen LogP contribution in [-0.4, -0.2) is 37.9 Å². The molecule has 2 N–H and O–H groups in total. The number of nitrogens with one attached hydrogen (secondary N) is 2. The van der Waals surface area contributed by atoms with Gasteiger partial charge in [0.2, 0.25) is 0 Å². The molecule has 0 radical (unpaired) electrons. The minimum absolute atomic E-state index is 0.130. The third kappa shape index (κ3) is 4.06. The lowest BCUT2D eigenvalue weighted by molar-refractivity contribution is 0.308. The highest BCUT2D eigenvalue weighted by Crippen LogP contribution is 2.30. The van der Waals surface area contributed by atoms with Crippen molar-refractivity contribution in [1.29, 1.82) is 0 Å². The summed E-state index contributed by atoms with van der Waals surface area (Å²) in [5.74, 6) is 0. The van der Waals surface area contributed by atoms with Gasteiger partial charge < -0.3 is 9.88 Å². The van der Waals surface area contributed by atoms with Crippen LogP contribution in [0.1, 0.15) is 19.4 Å². The number of rotatable bonds is 8. The molecule has 0 bridgehead atoms. The highest BCUT2D eigenvalue weighted by molar-refractivity contribution is 7.94. The molecule has 2 heterocycles. The highest BCUT2D eigenvalue weighted by atomic mass is 35.5. The van der Waals surface area contributed by atoms with Gasteiger partial charge in [-0.3, -0.25) is 4.72 Å². The van der Waals surface area contributed by atoms with E-state index < -0.39 is 10.0 Å². The molecule has 0 aliphatic heterocycles. The average molecular weight is 412 g/mol. The van der Waals surface area contributed by atoms with Crippen molar-refractivity contribution in [3.05, 3.63) is 46.4 Å². The van der Waals surface area contributed by atoms with Crippen molar-refractivity contribution in [3.63, 3.8) is 0 Å². The average Bonchev–Trinajstić information content (AvgIpc) is 3.22. The number of H-pyrrole nitrogens is 1. The first-order valence-electron chi connectivity index (χ1n) is 8.52. The highest BCUT2D eigenvalue weighted by Gasteiger charge is 2.20. The summed E-state index contributed by atoms with van der Waals surface area (Å²) in [7, 11) is -3.67. The van der Waals surface area contributed by atoms with Crippen LogP contribution in [0.5, 0.6) is 0 Å². The molecule has 0 spiro atoms. The van der Waals surface area contributed by atoms with Crippen molar-refractivity contribution in [2.24, 2.45) is 0 Å². The van der Waals surface area contributed by atoms with Crippen LogP contribution in [0.25, 0.3) is 10.9 Å². The van der Waals surface area contributed by atoms with Gasteiger partial charge in [-0.05, 0) is 48.7 Å². The second-order valence-corrected chi connectivity index (χ2v) is 9.21. The van der Waals surface area contributed by atoms with Crippen LogP contribution in [-0.2, 0) is 16.4 Å². The molecule has 2 aromatic heterocycles. The molecule has 0 aliphatic rings. The maximum atomic E-state index is 12.5. The van der Waals surface area contributed by atoms with Crippen LogP contribution < -0.4 is 4.72 Å². The zero-order valence-electron chi connectivity index (χ0n) is 14.8. The van der Waals surface area contributed by atoms with E-state index in [4.69, 9.17) is 11.6 Å². The summed E-state index contributed by atoms with van der Waals surface area (Å²) in [6, 6.07) is 7.14. The van der Waals surface area contributed by atoms with E-state index in [1.165, 1.54) is 5.56 Å². The van der Waals surface area contributed by atoms with Gasteiger partial charge in [-0.2, -0.15) is 0 Å². The number of nitrogens with zero attached hydrogens (tertiary/aromatic N) is 1. The predicted octanol–water partition coefficient (Wildman–Crippen LogP) is 4.57. The Kier molecular flexibility index (Phi) is 5.92. The fourth-order valence-corrected chi connectivity index (χ4v) is 5.69. The lowest BCUT2D eigenvalue weighted by Crippen LogP contribution is -2.25. The lowest BCUT2D eigenvalue weighted by Gasteiger charge is -2.17. The maximum Gasteiger partial charge on any atom is 0.272 e.